The Morgan fingerprint density at radius 2 is 1.93 bits per heavy atom. The lowest BCUT2D eigenvalue weighted by molar-refractivity contribution is -0.156. The van der Waals surface area contributed by atoms with Crippen molar-refractivity contribution in [3.63, 3.8) is 0 Å². The van der Waals surface area contributed by atoms with Crippen LogP contribution in [0.5, 0.6) is 17.2 Å². The van der Waals surface area contributed by atoms with E-state index in [-0.39, 0.29) is 11.7 Å². The number of ether oxygens (including phenoxy) is 4. The zero-order chi connectivity index (χ0) is 20.5. The van der Waals surface area contributed by atoms with Gasteiger partial charge in [0.15, 0.2) is 11.5 Å². The van der Waals surface area contributed by atoms with E-state index in [1.807, 2.05) is 6.92 Å². The standard InChI is InChI=1S/C19H21NO7S/c1-5-24-12-8-14-13(25-10-26-14)6-11(12)7-15-17(22)20(18(23)28-15)9-16(21)27-19(2,3)4/h6-8H,5,9-10H2,1-4H3. The molecule has 28 heavy (non-hydrogen) atoms. The van der Waals surface area contributed by atoms with Crippen LogP contribution in [0.1, 0.15) is 33.3 Å². The lowest BCUT2D eigenvalue weighted by atomic mass is 10.1. The Morgan fingerprint density at radius 1 is 1.25 bits per heavy atom. The second-order valence-corrected chi connectivity index (χ2v) is 8.02. The van der Waals surface area contributed by atoms with Crippen LogP contribution in [0.2, 0.25) is 0 Å². The first kappa shape index (κ1) is 20.1. The molecule has 3 rings (SSSR count). The van der Waals surface area contributed by atoms with Crippen LogP contribution in [-0.4, -0.2) is 47.6 Å². The highest BCUT2D eigenvalue weighted by Gasteiger charge is 2.37. The van der Waals surface area contributed by atoms with Gasteiger partial charge in [-0.05, 0) is 51.6 Å². The van der Waals surface area contributed by atoms with Gasteiger partial charge in [0.25, 0.3) is 11.1 Å². The van der Waals surface area contributed by atoms with Crippen molar-refractivity contribution >= 4 is 35.0 Å². The van der Waals surface area contributed by atoms with Crippen LogP contribution in [0.25, 0.3) is 6.08 Å². The molecule has 1 aromatic carbocycles. The number of rotatable bonds is 5. The normalized spacial score (nSPS) is 17.4. The predicted octanol–water partition coefficient (Wildman–Crippen LogP) is 3.19. The first-order valence-corrected chi connectivity index (χ1v) is 9.53. The van der Waals surface area contributed by atoms with E-state index in [1.165, 1.54) is 0 Å². The lowest BCUT2D eigenvalue weighted by Crippen LogP contribution is -2.37. The van der Waals surface area contributed by atoms with Gasteiger partial charge in [-0.25, -0.2) is 0 Å². The van der Waals surface area contributed by atoms with Crippen LogP contribution in [0, 0.1) is 0 Å². The summed E-state index contributed by atoms with van der Waals surface area (Å²) in [5.41, 5.74) is -0.123. The largest absolute Gasteiger partial charge is 0.493 e. The highest BCUT2D eigenvalue weighted by atomic mass is 32.2. The molecule has 0 radical (unpaired) electrons. The van der Waals surface area contributed by atoms with E-state index >= 15 is 0 Å². The summed E-state index contributed by atoms with van der Waals surface area (Å²) in [7, 11) is 0. The summed E-state index contributed by atoms with van der Waals surface area (Å²) in [6.45, 7) is 7.08. The fourth-order valence-corrected chi connectivity index (χ4v) is 3.44. The van der Waals surface area contributed by atoms with Gasteiger partial charge in [0.1, 0.15) is 17.9 Å². The van der Waals surface area contributed by atoms with Crippen molar-refractivity contribution in [2.24, 2.45) is 0 Å². The van der Waals surface area contributed by atoms with Gasteiger partial charge in [-0.1, -0.05) is 0 Å². The number of fused-ring (bicyclic) bond motifs is 1. The third kappa shape index (κ3) is 4.41. The molecule has 0 unspecified atom stereocenters. The molecule has 0 bridgehead atoms. The fraction of sp³-hybridized carbons (Fsp3) is 0.421. The maximum atomic E-state index is 12.6. The maximum Gasteiger partial charge on any atom is 0.326 e. The van der Waals surface area contributed by atoms with Crippen molar-refractivity contribution < 1.29 is 33.3 Å². The molecule has 0 N–H and O–H groups in total. The molecule has 0 aliphatic carbocycles. The van der Waals surface area contributed by atoms with E-state index in [9.17, 15) is 14.4 Å². The summed E-state index contributed by atoms with van der Waals surface area (Å²) in [4.78, 5) is 37.9. The van der Waals surface area contributed by atoms with Gasteiger partial charge >= 0.3 is 5.97 Å². The maximum absolute atomic E-state index is 12.6. The van der Waals surface area contributed by atoms with E-state index in [2.05, 4.69) is 0 Å². The second kappa shape index (κ2) is 7.75. The van der Waals surface area contributed by atoms with Gasteiger partial charge in [0.2, 0.25) is 6.79 Å². The zero-order valence-corrected chi connectivity index (χ0v) is 16.9. The van der Waals surface area contributed by atoms with Gasteiger partial charge in [-0.15, -0.1) is 0 Å². The quantitative estimate of drug-likeness (QED) is 0.543. The molecule has 2 aliphatic heterocycles. The van der Waals surface area contributed by atoms with Gasteiger partial charge in [-0.3, -0.25) is 19.3 Å². The number of benzene rings is 1. The van der Waals surface area contributed by atoms with Crippen molar-refractivity contribution in [2.75, 3.05) is 19.9 Å². The molecule has 2 heterocycles. The molecule has 2 amide bonds. The molecule has 0 saturated carbocycles. The van der Waals surface area contributed by atoms with Crippen molar-refractivity contribution in [1.29, 1.82) is 0 Å². The van der Waals surface area contributed by atoms with E-state index in [0.717, 1.165) is 16.7 Å². The summed E-state index contributed by atoms with van der Waals surface area (Å²) < 4.78 is 21.5. The molecule has 2 aliphatic rings. The number of hydrogen-bond donors (Lipinski definition) is 0. The molecule has 8 nitrogen and oxygen atoms in total. The molecular formula is C19H21NO7S. The average molecular weight is 407 g/mol. The molecule has 9 heteroatoms. The molecule has 0 aromatic heterocycles. The molecule has 1 fully saturated rings. The molecule has 1 saturated heterocycles. The Labute approximate surface area is 166 Å². The highest BCUT2D eigenvalue weighted by molar-refractivity contribution is 8.18. The first-order valence-electron chi connectivity index (χ1n) is 8.71. The highest BCUT2D eigenvalue weighted by Crippen LogP contribution is 2.41. The SMILES string of the molecule is CCOc1cc2c(cc1C=C1SC(=O)N(CC(=O)OC(C)(C)C)C1=O)OCO2. The number of nitrogens with zero attached hydrogens (tertiary/aromatic N) is 1. The van der Waals surface area contributed by atoms with Crippen molar-refractivity contribution in [2.45, 2.75) is 33.3 Å². The second-order valence-electron chi connectivity index (χ2n) is 7.03. The molecule has 1 aromatic rings. The number of imide groups is 1. The van der Waals surface area contributed by atoms with Crippen LogP contribution < -0.4 is 14.2 Å². The molecule has 150 valence electrons. The van der Waals surface area contributed by atoms with Crippen LogP contribution in [-0.2, 0) is 14.3 Å². The van der Waals surface area contributed by atoms with E-state index in [4.69, 9.17) is 18.9 Å². The summed E-state index contributed by atoms with van der Waals surface area (Å²) in [5, 5.41) is -0.527. The van der Waals surface area contributed by atoms with Gasteiger partial charge in [0.05, 0.1) is 11.5 Å². The van der Waals surface area contributed by atoms with Gasteiger partial charge in [-0.2, -0.15) is 0 Å². The van der Waals surface area contributed by atoms with Crippen molar-refractivity contribution in [3.05, 3.63) is 22.6 Å². The Kier molecular flexibility index (Phi) is 5.55. The van der Waals surface area contributed by atoms with Crippen molar-refractivity contribution in [3.8, 4) is 17.2 Å². The van der Waals surface area contributed by atoms with Crippen LogP contribution in [0.15, 0.2) is 17.0 Å². The Bertz CT molecular complexity index is 857. The minimum Gasteiger partial charge on any atom is -0.493 e. The van der Waals surface area contributed by atoms with E-state index in [0.29, 0.717) is 29.4 Å². The average Bonchev–Trinajstić information content (AvgIpc) is 3.13. The van der Waals surface area contributed by atoms with Crippen LogP contribution in [0.3, 0.4) is 0 Å². The Hall–Kier alpha value is -2.68. The van der Waals surface area contributed by atoms with Crippen LogP contribution in [0.4, 0.5) is 4.79 Å². The van der Waals surface area contributed by atoms with Crippen LogP contribution >= 0.6 is 11.8 Å². The summed E-state index contributed by atoms with van der Waals surface area (Å²) in [5.74, 6) is 0.391. The summed E-state index contributed by atoms with van der Waals surface area (Å²) in [6.07, 6.45) is 1.55. The minimum absolute atomic E-state index is 0.108. The number of hydrogen-bond acceptors (Lipinski definition) is 8. The summed E-state index contributed by atoms with van der Waals surface area (Å²) in [6, 6.07) is 3.37. The van der Waals surface area contributed by atoms with E-state index in [1.54, 1.807) is 39.0 Å². The van der Waals surface area contributed by atoms with Crippen molar-refractivity contribution in [1.82, 2.24) is 4.90 Å². The smallest absolute Gasteiger partial charge is 0.326 e. The minimum atomic E-state index is -0.701. The lowest BCUT2D eigenvalue weighted by Gasteiger charge is -2.21. The van der Waals surface area contributed by atoms with Gasteiger partial charge < -0.3 is 18.9 Å². The molecule has 0 atom stereocenters. The van der Waals surface area contributed by atoms with Gasteiger partial charge in [0, 0.05) is 11.6 Å². The number of carbonyl (C=O) groups is 3. The Balaban J connectivity index is 1.83. The molecular weight excluding hydrogens is 386 g/mol. The predicted molar refractivity (Wildman–Crippen MR) is 102 cm³/mol. The van der Waals surface area contributed by atoms with E-state index < -0.39 is 29.3 Å². The number of thioether (sulfide) groups is 1. The monoisotopic (exact) mass is 407 g/mol. The molecule has 0 spiro atoms. The zero-order valence-electron chi connectivity index (χ0n) is 16.1. The topological polar surface area (TPSA) is 91.4 Å². The first-order chi connectivity index (χ1) is 13.2. The number of amides is 2. The number of esters is 1. The Morgan fingerprint density at radius 3 is 2.57 bits per heavy atom. The summed E-state index contributed by atoms with van der Waals surface area (Å²) >= 11 is 0.760. The fourth-order valence-electron chi connectivity index (χ4n) is 2.61. The third-order valence-electron chi connectivity index (χ3n) is 3.67. The third-order valence-corrected chi connectivity index (χ3v) is 4.58. The number of carbonyl (C=O) groups excluding carboxylic acids is 3.